The van der Waals surface area contributed by atoms with Crippen molar-refractivity contribution in [3.63, 3.8) is 0 Å². The Labute approximate surface area is 211 Å². The molecule has 1 aliphatic carbocycles. The maximum absolute atomic E-state index is 13.8. The molecule has 0 spiro atoms. The second-order valence-electron chi connectivity index (χ2n) is 9.86. The number of rotatable bonds is 7. The molecule has 1 saturated carbocycles. The maximum atomic E-state index is 13.8. The molecule has 1 amide bonds. The number of benzene rings is 1. The van der Waals surface area contributed by atoms with Gasteiger partial charge < -0.3 is 23.8 Å². The zero-order valence-electron chi connectivity index (χ0n) is 20.9. The number of amides is 1. The van der Waals surface area contributed by atoms with Crippen molar-refractivity contribution in [2.75, 3.05) is 53.6 Å². The Kier molecular flexibility index (Phi) is 7.41. The predicted octanol–water partition coefficient (Wildman–Crippen LogP) is 2.12. The van der Waals surface area contributed by atoms with Crippen molar-refractivity contribution in [3.05, 3.63) is 46.7 Å². The summed E-state index contributed by atoms with van der Waals surface area (Å²) in [5.41, 5.74) is 1.66. The molecule has 2 fully saturated rings. The second kappa shape index (κ2) is 10.7. The van der Waals surface area contributed by atoms with Gasteiger partial charge in [0.15, 0.2) is 11.5 Å². The summed E-state index contributed by atoms with van der Waals surface area (Å²) in [5, 5.41) is 0. The van der Waals surface area contributed by atoms with Crippen LogP contribution in [-0.4, -0.2) is 93.3 Å². The predicted molar refractivity (Wildman–Crippen MR) is 129 cm³/mol. The minimum absolute atomic E-state index is 0.00174. The van der Waals surface area contributed by atoms with Crippen molar-refractivity contribution in [2.24, 2.45) is 5.92 Å². The lowest BCUT2D eigenvalue weighted by Crippen LogP contribution is -2.43. The maximum Gasteiger partial charge on any atom is 0.337 e. The van der Waals surface area contributed by atoms with Gasteiger partial charge in [0.2, 0.25) is 0 Å². The fourth-order valence-electron chi connectivity index (χ4n) is 5.88. The fraction of sp³-hybridized carbons (Fsp3) is 0.593. The molecule has 4 atom stereocenters. The summed E-state index contributed by atoms with van der Waals surface area (Å²) in [6.45, 7) is 4.56. The molecule has 36 heavy (non-hydrogen) atoms. The smallest absolute Gasteiger partial charge is 0.337 e. The van der Waals surface area contributed by atoms with E-state index >= 15 is 0 Å². The number of morpholine rings is 1. The number of carbonyl (C=O) groups is 3. The molecule has 9 nitrogen and oxygen atoms in total. The van der Waals surface area contributed by atoms with Crippen LogP contribution in [0.15, 0.2) is 35.6 Å². The van der Waals surface area contributed by atoms with Gasteiger partial charge in [-0.15, -0.1) is 0 Å². The first-order valence-corrected chi connectivity index (χ1v) is 12.8. The summed E-state index contributed by atoms with van der Waals surface area (Å²) in [6.07, 6.45) is 2.55. The van der Waals surface area contributed by atoms with Crippen LogP contribution in [0.3, 0.4) is 0 Å². The number of Topliss-reactive ketones (excluding diaryl/α,β-unsaturated/α-hetero) is 1. The van der Waals surface area contributed by atoms with E-state index in [1.54, 1.807) is 36.3 Å². The van der Waals surface area contributed by atoms with Crippen LogP contribution in [0.1, 0.15) is 47.6 Å². The van der Waals surface area contributed by atoms with Crippen LogP contribution >= 0.6 is 0 Å². The van der Waals surface area contributed by atoms with Crippen LogP contribution in [0.5, 0.6) is 0 Å². The molecule has 0 aromatic heterocycles. The van der Waals surface area contributed by atoms with Gasteiger partial charge >= 0.3 is 5.97 Å². The van der Waals surface area contributed by atoms with E-state index in [4.69, 9.17) is 18.9 Å². The van der Waals surface area contributed by atoms with Gasteiger partial charge in [0.1, 0.15) is 6.10 Å². The highest BCUT2D eigenvalue weighted by molar-refractivity contribution is 6.11. The van der Waals surface area contributed by atoms with Crippen LogP contribution in [-0.2, 0) is 28.5 Å². The van der Waals surface area contributed by atoms with Gasteiger partial charge in [-0.2, -0.15) is 0 Å². The number of hydrogen-bond donors (Lipinski definition) is 0. The fourth-order valence-corrected chi connectivity index (χ4v) is 5.88. The minimum atomic E-state index is -0.530. The van der Waals surface area contributed by atoms with Crippen LogP contribution in [0, 0.1) is 5.92 Å². The molecule has 1 aromatic rings. The Hall–Kier alpha value is -2.75. The highest BCUT2D eigenvalue weighted by Gasteiger charge is 2.52. The second-order valence-corrected chi connectivity index (χ2v) is 9.86. The first kappa shape index (κ1) is 24.9. The van der Waals surface area contributed by atoms with E-state index in [1.165, 1.54) is 7.11 Å². The number of nitrogens with zero attached hydrogens (tertiary/aromatic N) is 2. The van der Waals surface area contributed by atoms with Gasteiger partial charge in [-0.05, 0) is 37.0 Å². The van der Waals surface area contributed by atoms with Crippen molar-refractivity contribution in [3.8, 4) is 0 Å². The highest BCUT2D eigenvalue weighted by atomic mass is 16.5. The Balaban J connectivity index is 1.42. The third kappa shape index (κ3) is 4.67. The zero-order valence-corrected chi connectivity index (χ0v) is 20.9. The molecular weight excluding hydrogens is 464 g/mol. The molecule has 194 valence electrons. The molecule has 0 N–H and O–H groups in total. The van der Waals surface area contributed by atoms with Gasteiger partial charge in [0.05, 0.1) is 49.5 Å². The quantitative estimate of drug-likeness (QED) is 0.528. The summed E-state index contributed by atoms with van der Waals surface area (Å²) in [5.74, 6) is -0.747. The van der Waals surface area contributed by atoms with E-state index in [0.29, 0.717) is 30.5 Å². The Morgan fingerprint density at radius 3 is 2.50 bits per heavy atom. The molecule has 4 unspecified atom stereocenters. The first-order chi connectivity index (χ1) is 17.5. The van der Waals surface area contributed by atoms with Crippen molar-refractivity contribution >= 4 is 17.7 Å². The van der Waals surface area contributed by atoms with Crippen LogP contribution < -0.4 is 0 Å². The average molecular weight is 499 g/mol. The number of ketones is 1. The SMILES string of the molecule is COC(=O)c1ccc(C2C3=C(OC4CC(OC)CCC4C3=O)C(=O)N2CCCN2CCOCC2)cc1. The van der Waals surface area contributed by atoms with Crippen LogP contribution in [0.2, 0.25) is 0 Å². The zero-order chi connectivity index (χ0) is 25.2. The summed E-state index contributed by atoms with van der Waals surface area (Å²) >= 11 is 0. The van der Waals surface area contributed by atoms with Crippen molar-refractivity contribution in [1.82, 2.24) is 9.80 Å². The van der Waals surface area contributed by atoms with E-state index in [2.05, 4.69) is 4.90 Å². The standard InChI is InChI=1S/C27H34N2O7/c1-33-19-8-9-20-21(16-19)36-25-22(24(20)30)23(17-4-6-18(7-5-17)27(32)34-2)29(26(25)31)11-3-10-28-12-14-35-15-13-28/h4-7,19-21,23H,3,8-16H2,1-2H3. The van der Waals surface area contributed by atoms with E-state index < -0.39 is 12.0 Å². The number of fused-ring (bicyclic) bond motifs is 1. The van der Waals surface area contributed by atoms with E-state index in [9.17, 15) is 14.4 Å². The molecule has 1 saturated heterocycles. The third-order valence-electron chi connectivity index (χ3n) is 7.86. The number of carbonyl (C=O) groups excluding carboxylic acids is 3. The Morgan fingerprint density at radius 1 is 1.06 bits per heavy atom. The molecule has 1 aromatic carbocycles. The first-order valence-electron chi connectivity index (χ1n) is 12.8. The normalized spacial score (nSPS) is 28.6. The van der Waals surface area contributed by atoms with Gasteiger partial charge in [0, 0.05) is 39.7 Å². The molecule has 0 radical (unpaired) electrons. The Morgan fingerprint density at radius 2 is 1.81 bits per heavy atom. The number of ether oxygens (including phenoxy) is 4. The Bertz CT molecular complexity index is 1030. The van der Waals surface area contributed by atoms with Crippen LogP contribution in [0.4, 0.5) is 0 Å². The van der Waals surface area contributed by atoms with Gasteiger partial charge in [-0.3, -0.25) is 14.5 Å². The summed E-state index contributed by atoms with van der Waals surface area (Å²) < 4.78 is 22.0. The molecule has 5 rings (SSSR count). The average Bonchev–Trinajstić information content (AvgIpc) is 3.20. The molecule has 3 aliphatic heterocycles. The molecular formula is C27H34N2O7. The monoisotopic (exact) mass is 498 g/mol. The molecule has 9 heteroatoms. The van der Waals surface area contributed by atoms with Gasteiger partial charge in [-0.25, -0.2) is 4.79 Å². The van der Waals surface area contributed by atoms with E-state index in [0.717, 1.165) is 51.3 Å². The van der Waals surface area contributed by atoms with Gasteiger partial charge in [0.25, 0.3) is 5.91 Å². The number of esters is 1. The van der Waals surface area contributed by atoms with Crippen molar-refractivity contribution < 1.29 is 33.3 Å². The van der Waals surface area contributed by atoms with Gasteiger partial charge in [-0.1, -0.05) is 12.1 Å². The third-order valence-corrected chi connectivity index (χ3v) is 7.86. The number of hydrogen-bond acceptors (Lipinski definition) is 8. The molecule has 3 heterocycles. The highest BCUT2D eigenvalue weighted by Crippen LogP contribution is 2.47. The number of methoxy groups -OCH3 is 2. The lowest BCUT2D eigenvalue weighted by molar-refractivity contribution is -0.138. The lowest BCUT2D eigenvalue weighted by Gasteiger charge is -2.38. The van der Waals surface area contributed by atoms with Crippen molar-refractivity contribution in [2.45, 2.75) is 43.9 Å². The summed E-state index contributed by atoms with van der Waals surface area (Å²) in [4.78, 5) is 43.5. The van der Waals surface area contributed by atoms with Crippen molar-refractivity contribution in [1.29, 1.82) is 0 Å². The lowest BCUT2D eigenvalue weighted by atomic mass is 9.76. The molecule has 4 aliphatic rings. The molecule has 0 bridgehead atoms. The largest absolute Gasteiger partial charge is 0.483 e. The minimum Gasteiger partial charge on any atom is -0.483 e. The summed E-state index contributed by atoms with van der Waals surface area (Å²) in [6, 6.07) is 6.43. The van der Waals surface area contributed by atoms with E-state index in [1.807, 2.05) is 0 Å². The van der Waals surface area contributed by atoms with E-state index in [-0.39, 0.29) is 35.6 Å². The topological polar surface area (TPSA) is 94.6 Å². The van der Waals surface area contributed by atoms with Crippen LogP contribution in [0.25, 0.3) is 0 Å². The summed E-state index contributed by atoms with van der Waals surface area (Å²) in [7, 11) is 3.01.